The molecule has 1 aliphatic heterocycles. The van der Waals surface area contributed by atoms with Gasteiger partial charge in [0.15, 0.2) is 0 Å². The number of anilines is 2. The summed E-state index contributed by atoms with van der Waals surface area (Å²) in [5.41, 5.74) is 4.19. The summed E-state index contributed by atoms with van der Waals surface area (Å²) in [5.74, 6) is 1.97. The van der Waals surface area contributed by atoms with Gasteiger partial charge in [-0.1, -0.05) is 55.8 Å². The van der Waals surface area contributed by atoms with Crippen LogP contribution in [0.25, 0.3) is 10.9 Å². The Balaban J connectivity index is 1.35. The van der Waals surface area contributed by atoms with Gasteiger partial charge in [-0.25, -0.2) is 18.4 Å². The number of rotatable bonds is 7. The monoisotopic (exact) mass is 529 g/mol. The molecule has 0 bridgehead atoms. The molecule has 1 saturated heterocycles. The number of piperazine rings is 1. The van der Waals surface area contributed by atoms with E-state index < -0.39 is 10.0 Å². The molecule has 38 heavy (non-hydrogen) atoms. The fourth-order valence-corrected chi connectivity index (χ4v) is 6.24. The molecule has 1 N–H and O–H groups in total. The molecule has 3 aromatic carbocycles. The first-order valence-corrected chi connectivity index (χ1v) is 14.6. The van der Waals surface area contributed by atoms with E-state index in [1.165, 1.54) is 5.56 Å². The van der Waals surface area contributed by atoms with Gasteiger partial charge in [0.2, 0.25) is 10.0 Å². The van der Waals surface area contributed by atoms with Crippen LogP contribution in [0.2, 0.25) is 0 Å². The van der Waals surface area contributed by atoms with Crippen molar-refractivity contribution < 1.29 is 8.42 Å². The summed E-state index contributed by atoms with van der Waals surface area (Å²) < 4.78 is 27.9. The summed E-state index contributed by atoms with van der Waals surface area (Å²) >= 11 is 0. The lowest BCUT2D eigenvalue weighted by molar-refractivity contribution is 0.141. The third kappa shape index (κ3) is 5.43. The maximum Gasteiger partial charge on any atom is 0.243 e. The van der Waals surface area contributed by atoms with Crippen molar-refractivity contribution in [2.75, 3.05) is 31.5 Å². The second kappa shape index (κ2) is 10.8. The molecule has 5 rings (SSSR count). The maximum absolute atomic E-state index is 13.1. The second-order valence-corrected chi connectivity index (χ2v) is 12.2. The lowest BCUT2D eigenvalue weighted by Crippen LogP contribution is -2.49. The molecule has 0 amide bonds. The minimum absolute atomic E-state index is 0.0623. The first kappa shape index (κ1) is 26.3. The highest BCUT2D eigenvalue weighted by Crippen LogP contribution is 2.29. The van der Waals surface area contributed by atoms with Crippen LogP contribution in [-0.2, 0) is 10.0 Å². The van der Waals surface area contributed by atoms with Crippen LogP contribution in [0.4, 0.5) is 11.5 Å². The molecule has 4 aromatic rings. The van der Waals surface area contributed by atoms with E-state index >= 15 is 0 Å². The predicted octanol–water partition coefficient (Wildman–Crippen LogP) is 5.87. The number of fused-ring (bicyclic) bond motifs is 1. The summed E-state index contributed by atoms with van der Waals surface area (Å²) in [7, 11) is -3.51. The first-order valence-electron chi connectivity index (χ1n) is 13.2. The van der Waals surface area contributed by atoms with E-state index in [2.05, 4.69) is 55.3 Å². The van der Waals surface area contributed by atoms with Gasteiger partial charge in [-0.3, -0.25) is 4.90 Å². The number of hydrogen-bond donors (Lipinski definition) is 1. The highest BCUT2D eigenvalue weighted by Gasteiger charge is 2.31. The number of benzene rings is 3. The summed E-state index contributed by atoms with van der Waals surface area (Å²) in [6.45, 7) is 10.5. The molecule has 1 atom stereocenters. The van der Waals surface area contributed by atoms with E-state index in [9.17, 15) is 8.42 Å². The number of para-hydroxylation sites is 1. The third-order valence-corrected chi connectivity index (χ3v) is 9.23. The minimum atomic E-state index is -3.51. The lowest BCUT2D eigenvalue weighted by atomic mass is 10.0. The topological polar surface area (TPSA) is 78.4 Å². The molecule has 0 unspecified atom stereocenters. The molecule has 198 valence electrons. The van der Waals surface area contributed by atoms with Gasteiger partial charge in [0, 0.05) is 37.3 Å². The maximum atomic E-state index is 13.1. The molecule has 1 aromatic heterocycles. The van der Waals surface area contributed by atoms with E-state index in [0.29, 0.717) is 37.0 Å². The highest BCUT2D eigenvalue weighted by atomic mass is 32.2. The van der Waals surface area contributed by atoms with Gasteiger partial charge in [-0.2, -0.15) is 4.31 Å². The quantitative estimate of drug-likeness (QED) is 0.322. The van der Waals surface area contributed by atoms with Gasteiger partial charge in [-0.05, 0) is 61.7 Å². The molecule has 0 aliphatic carbocycles. The van der Waals surface area contributed by atoms with E-state index in [0.717, 1.165) is 33.8 Å². The fourth-order valence-electron chi connectivity index (χ4n) is 4.82. The minimum Gasteiger partial charge on any atom is -0.340 e. The Labute approximate surface area is 225 Å². The summed E-state index contributed by atoms with van der Waals surface area (Å²) in [5, 5.41) is 4.47. The molecular formula is C30H35N5O2S. The Kier molecular flexibility index (Phi) is 7.47. The third-order valence-electron chi connectivity index (χ3n) is 7.31. The van der Waals surface area contributed by atoms with Gasteiger partial charge in [-0.15, -0.1) is 0 Å². The smallest absolute Gasteiger partial charge is 0.243 e. The van der Waals surface area contributed by atoms with Gasteiger partial charge >= 0.3 is 0 Å². The van der Waals surface area contributed by atoms with Crippen molar-refractivity contribution in [3.63, 3.8) is 0 Å². The number of aryl methyl sites for hydroxylation is 1. The van der Waals surface area contributed by atoms with Crippen molar-refractivity contribution in [2.24, 2.45) is 0 Å². The van der Waals surface area contributed by atoms with E-state index in [4.69, 9.17) is 9.97 Å². The largest absolute Gasteiger partial charge is 0.340 e. The van der Waals surface area contributed by atoms with Crippen LogP contribution in [-0.4, -0.2) is 53.8 Å². The molecule has 8 heteroatoms. The van der Waals surface area contributed by atoms with Gasteiger partial charge in [0.05, 0.1) is 16.5 Å². The van der Waals surface area contributed by atoms with E-state index in [1.54, 1.807) is 16.4 Å². The van der Waals surface area contributed by atoms with Gasteiger partial charge in [0.25, 0.3) is 0 Å². The van der Waals surface area contributed by atoms with Crippen LogP contribution >= 0.6 is 0 Å². The molecule has 2 heterocycles. The van der Waals surface area contributed by atoms with Crippen LogP contribution in [0.5, 0.6) is 0 Å². The van der Waals surface area contributed by atoms with Crippen molar-refractivity contribution in [1.29, 1.82) is 0 Å². The number of nitrogens with one attached hydrogen (secondary N) is 1. The van der Waals surface area contributed by atoms with Crippen LogP contribution in [0.15, 0.2) is 77.7 Å². The van der Waals surface area contributed by atoms with Crippen LogP contribution in [0, 0.1) is 6.92 Å². The SMILES string of the molecule is Cc1ccc(S(=O)(=O)N2CCN([C@H](C)c3nc(Nc4ccc(C(C)C)cc4)c4ccccc4n3)CC2)cc1. The van der Waals surface area contributed by atoms with Crippen molar-refractivity contribution in [1.82, 2.24) is 19.2 Å². The normalized spacial score (nSPS) is 16.1. The van der Waals surface area contributed by atoms with Crippen molar-refractivity contribution >= 4 is 32.4 Å². The number of hydrogen-bond acceptors (Lipinski definition) is 6. The summed E-state index contributed by atoms with van der Waals surface area (Å²) in [6.07, 6.45) is 0. The van der Waals surface area contributed by atoms with E-state index in [-0.39, 0.29) is 6.04 Å². The van der Waals surface area contributed by atoms with Crippen molar-refractivity contribution in [3.05, 3.63) is 89.7 Å². The number of sulfonamides is 1. The summed E-state index contributed by atoms with van der Waals surface area (Å²) in [4.78, 5) is 12.4. The van der Waals surface area contributed by atoms with E-state index in [1.807, 2.05) is 43.3 Å². The van der Waals surface area contributed by atoms with Crippen molar-refractivity contribution in [2.45, 2.75) is 44.6 Å². The Morgan fingerprint density at radius 3 is 2.13 bits per heavy atom. The fraction of sp³-hybridized carbons (Fsp3) is 0.333. The molecule has 0 spiro atoms. The molecule has 1 aliphatic rings. The van der Waals surface area contributed by atoms with Gasteiger partial charge in [0.1, 0.15) is 11.6 Å². The predicted molar refractivity (Wildman–Crippen MR) is 153 cm³/mol. The molecule has 7 nitrogen and oxygen atoms in total. The molecule has 1 fully saturated rings. The van der Waals surface area contributed by atoms with Crippen LogP contribution < -0.4 is 5.32 Å². The Hall–Kier alpha value is -3.33. The Morgan fingerprint density at radius 2 is 1.47 bits per heavy atom. The van der Waals surface area contributed by atoms with Crippen LogP contribution in [0.1, 0.15) is 49.7 Å². The Bertz CT molecular complexity index is 1510. The average molecular weight is 530 g/mol. The first-order chi connectivity index (χ1) is 18.2. The average Bonchev–Trinajstić information content (AvgIpc) is 2.93. The highest BCUT2D eigenvalue weighted by molar-refractivity contribution is 7.89. The number of aromatic nitrogens is 2. The zero-order valence-electron chi connectivity index (χ0n) is 22.4. The Morgan fingerprint density at radius 1 is 0.816 bits per heavy atom. The zero-order valence-corrected chi connectivity index (χ0v) is 23.2. The molecule has 0 radical (unpaired) electrons. The van der Waals surface area contributed by atoms with Gasteiger partial charge < -0.3 is 5.32 Å². The van der Waals surface area contributed by atoms with Crippen molar-refractivity contribution in [3.8, 4) is 0 Å². The molecular weight excluding hydrogens is 494 g/mol. The summed E-state index contributed by atoms with van der Waals surface area (Å²) in [6, 6.07) is 23.5. The second-order valence-electron chi connectivity index (χ2n) is 10.3. The standard InChI is InChI=1S/C30H35N5O2S/c1-21(2)24-11-13-25(14-12-24)31-30-27-7-5-6-8-28(27)32-29(33-30)23(4)34-17-19-35(20-18-34)38(36,37)26-15-9-22(3)10-16-26/h5-16,21,23H,17-20H2,1-4H3,(H,31,32,33)/t23-/m1/s1. The van der Waals surface area contributed by atoms with Crippen LogP contribution in [0.3, 0.4) is 0 Å². The zero-order chi connectivity index (χ0) is 26.9. The molecule has 0 saturated carbocycles. The lowest BCUT2D eigenvalue weighted by Gasteiger charge is -2.36. The number of nitrogens with zero attached hydrogens (tertiary/aromatic N) is 4.